The predicted molar refractivity (Wildman–Crippen MR) is 71.5 cm³/mol. The Morgan fingerprint density at radius 3 is 2.42 bits per heavy atom. The Morgan fingerprint density at radius 1 is 1.32 bits per heavy atom. The average molecular weight is 258 g/mol. The summed E-state index contributed by atoms with van der Waals surface area (Å²) in [6, 6.07) is 9.23. The maximum Gasteiger partial charge on any atom is 0.227 e. The molecule has 2 rings (SSSR count). The van der Waals surface area contributed by atoms with Crippen LogP contribution in [0.15, 0.2) is 24.3 Å². The first-order valence-corrected chi connectivity index (χ1v) is 6.50. The van der Waals surface area contributed by atoms with E-state index in [2.05, 4.69) is 6.07 Å². The molecule has 4 heteroatoms. The van der Waals surface area contributed by atoms with Gasteiger partial charge in [-0.3, -0.25) is 4.79 Å². The number of amides is 1. The minimum Gasteiger partial charge on any atom is -0.372 e. The highest BCUT2D eigenvalue weighted by Gasteiger charge is 2.25. The van der Waals surface area contributed by atoms with Crippen molar-refractivity contribution in [3.05, 3.63) is 35.4 Å². The second-order valence-electron chi connectivity index (χ2n) is 5.04. The van der Waals surface area contributed by atoms with Gasteiger partial charge in [0.05, 0.1) is 30.3 Å². The van der Waals surface area contributed by atoms with Crippen LogP contribution in [-0.4, -0.2) is 36.1 Å². The molecule has 0 saturated carbocycles. The largest absolute Gasteiger partial charge is 0.372 e. The van der Waals surface area contributed by atoms with Crippen molar-refractivity contribution in [1.29, 1.82) is 5.26 Å². The van der Waals surface area contributed by atoms with Gasteiger partial charge in [0, 0.05) is 13.1 Å². The highest BCUT2D eigenvalue weighted by atomic mass is 16.5. The van der Waals surface area contributed by atoms with Gasteiger partial charge in [-0.25, -0.2) is 0 Å². The van der Waals surface area contributed by atoms with Crippen molar-refractivity contribution in [2.45, 2.75) is 32.5 Å². The van der Waals surface area contributed by atoms with Crippen LogP contribution in [0, 0.1) is 11.3 Å². The van der Waals surface area contributed by atoms with E-state index >= 15 is 0 Å². The SMILES string of the molecule is CC1CN(C(=O)Cc2ccc(C#N)cc2)CC(C)O1. The summed E-state index contributed by atoms with van der Waals surface area (Å²) >= 11 is 0. The van der Waals surface area contributed by atoms with E-state index in [4.69, 9.17) is 10.00 Å². The molecule has 0 spiro atoms. The molecule has 1 aromatic carbocycles. The van der Waals surface area contributed by atoms with Crippen molar-refractivity contribution in [3.63, 3.8) is 0 Å². The topological polar surface area (TPSA) is 53.3 Å². The lowest BCUT2D eigenvalue weighted by molar-refractivity contribution is -0.142. The Hall–Kier alpha value is -1.86. The summed E-state index contributed by atoms with van der Waals surface area (Å²) in [5.74, 6) is 0.117. The van der Waals surface area contributed by atoms with E-state index in [0.717, 1.165) is 5.56 Å². The van der Waals surface area contributed by atoms with Crippen LogP contribution in [0.1, 0.15) is 25.0 Å². The molecular formula is C15H18N2O2. The smallest absolute Gasteiger partial charge is 0.227 e. The van der Waals surface area contributed by atoms with Crippen LogP contribution in [0.2, 0.25) is 0 Å². The fourth-order valence-corrected chi connectivity index (χ4v) is 2.37. The molecular weight excluding hydrogens is 240 g/mol. The zero-order valence-corrected chi connectivity index (χ0v) is 11.3. The number of nitriles is 1. The molecule has 4 nitrogen and oxygen atoms in total. The zero-order valence-electron chi connectivity index (χ0n) is 11.3. The Balaban J connectivity index is 1.98. The maximum atomic E-state index is 12.2. The van der Waals surface area contributed by atoms with Crippen molar-refractivity contribution in [1.82, 2.24) is 4.90 Å². The first-order valence-electron chi connectivity index (χ1n) is 6.50. The molecule has 0 aliphatic carbocycles. The molecule has 1 aromatic rings. The van der Waals surface area contributed by atoms with E-state index in [0.29, 0.717) is 25.1 Å². The highest BCUT2D eigenvalue weighted by molar-refractivity contribution is 5.79. The highest BCUT2D eigenvalue weighted by Crippen LogP contribution is 2.13. The lowest BCUT2D eigenvalue weighted by atomic mass is 10.1. The Labute approximate surface area is 113 Å². The van der Waals surface area contributed by atoms with Crippen LogP contribution in [0.25, 0.3) is 0 Å². The van der Waals surface area contributed by atoms with E-state index in [1.165, 1.54) is 0 Å². The summed E-state index contributed by atoms with van der Waals surface area (Å²) in [5, 5.41) is 8.73. The van der Waals surface area contributed by atoms with Crippen molar-refractivity contribution in [3.8, 4) is 6.07 Å². The third-order valence-corrected chi connectivity index (χ3v) is 3.21. The minimum atomic E-state index is 0.0914. The average Bonchev–Trinajstić information content (AvgIpc) is 2.38. The predicted octanol–water partition coefficient (Wildman–Crippen LogP) is 1.74. The molecule has 1 aliphatic heterocycles. The second-order valence-corrected chi connectivity index (χ2v) is 5.04. The Bertz CT molecular complexity index is 480. The summed E-state index contributed by atoms with van der Waals surface area (Å²) in [4.78, 5) is 14.1. The van der Waals surface area contributed by atoms with Crippen molar-refractivity contribution >= 4 is 5.91 Å². The van der Waals surface area contributed by atoms with Crippen molar-refractivity contribution < 1.29 is 9.53 Å². The monoisotopic (exact) mass is 258 g/mol. The fraction of sp³-hybridized carbons (Fsp3) is 0.467. The number of benzene rings is 1. The third kappa shape index (κ3) is 3.55. The lowest BCUT2D eigenvalue weighted by Crippen LogP contribution is -2.48. The number of morpholine rings is 1. The van der Waals surface area contributed by atoms with E-state index in [9.17, 15) is 4.79 Å². The summed E-state index contributed by atoms with van der Waals surface area (Å²) in [7, 11) is 0. The molecule has 1 heterocycles. The molecule has 100 valence electrons. The quantitative estimate of drug-likeness (QED) is 0.812. The number of ether oxygens (including phenoxy) is 1. The van der Waals surface area contributed by atoms with E-state index in [1.807, 2.05) is 30.9 Å². The van der Waals surface area contributed by atoms with E-state index < -0.39 is 0 Å². The number of rotatable bonds is 2. The number of hydrogen-bond donors (Lipinski definition) is 0. The molecule has 1 aliphatic rings. The molecule has 0 aromatic heterocycles. The van der Waals surface area contributed by atoms with Gasteiger partial charge in [0.2, 0.25) is 5.91 Å². The van der Waals surface area contributed by atoms with Crippen LogP contribution >= 0.6 is 0 Å². The standard InChI is InChI=1S/C15H18N2O2/c1-11-9-17(10-12(2)19-11)15(18)7-13-3-5-14(8-16)6-4-13/h3-6,11-12H,7,9-10H2,1-2H3. The second kappa shape index (κ2) is 5.85. The van der Waals surface area contributed by atoms with Crippen molar-refractivity contribution in [2.75, 3.05) is 13.1 Å². The first-order chi connectivity index (χ1) is 9.08. The van der Waals surface area contributed by atoms with Gasteiger partial charge in [-0.2, -0.15) is 5.26 Å². The molecule has 0 radical (unpaired) electrons. The molecule has 1 fully saturated rings. The van der Waals surface area contributed by atoms with Crippen LogP contribution in [0.5, 0.6) is 0 Å². The van der Waals surface area contributed by atoms with Gasteiger partial charge in [-0.05, 0) is 31.5 Å². The summed E-state index contributed by atoms with van der Waals surface area (Å²) in [6.45, 7) is 5.27. The zero-order chi connectivity index (χ0) is 13.8. The molecule has 1 amide bonds. The minimum absolute atomic E-state index is 0.0914. The van der Waals surface area contributed by atoms with E-state index in [1.54, 1.807) is 12.1 Å². The molecule has 19 heavy (non-hydrogen) atoms. The molecule has 0 bridgehead atoms. The first kappa shape index (κ1) is 13.6. The van der Waals surface area contributed by atoms with Gasteiger partial charge < -0.3 is 9.64 Å². The Morgan fingerprint density at radius 2 is 1.89 bits per heavy atom. The van der Waals surface area contributed by atoms with Crippen LogP contribution in [0.3, 0.4) is 0 Å². The molecule has 2 unspecified atom stereocenters. The molecule has 2 atom stereocenters. The van der Waals surface area contributed by atoms with Crippen LogP contribution in [0.4, 0.5) is 0 Å². The van der Waals surface area contributed by atoms with E-state index in [-0.39, 0.29) is 18.1 Å². The number of nitrogens with zero attached hydrogens (tertiary/aromatic N) is 2. The molecule has 0 N–H and O–H groups in total. The fourth-order valence-electron chi connectivity index (χ4n) is 2.37. The number of hydrogen-bond acceptors (Lipinski definition) is 3. The normalized spacial score (nSPS) is 22.9. The summed E-state index contributed by atoms with van der Waals surface area (Å²) in [5.41, 5.74) is 1.56. The van der Waals surface area contributed by atoms with Crippen molar-refractivity contribution in [2.24, 2.45) is 0 Å². The third-order valence-electron chi connectivity index (χ3n) is 3.21. The Kier molecular flexibility index (Phi) is 4.18. The van der Waals surface area contributed by atoms with Gasteiger partial charge in [0.1, 0.15) is 0 Å². The summed E-state index contributed by atoms with van der Waals surface area (Å²) < 4.78 is 5.62. The van der Waals surface area contributed by atoms with Gasteiger partial charge in [-0.15, -0.1) is 0 Å². The number of carbonyl (C=O) groups excluding carboxylic acids is 1. The lowest BCUT2D eigenvalue weighted by Gasteiger charge is -2.35. The summed E-state index contributed by atoms with van der Waals surface area (Å²) in [6.07, 6.45) is 0.563. The van der Waals surface area contributed by atoms with Crippen LogP contribution < -0.4 is 0 Å². The van der Waals surface area contributed by atoms with Gasteiger partial charge in [0.15, 0.2) is 0 Å². The molecule has 1 saturated heterocycles. The number of carbonyl (C=O) groups is 1. The van der Waals surface area contributed by atoms with Gasteiger partial charge in [0.25, 0.3) is 0 Å². The van der Waals surface area contributed by atoms with Gasteiger partial charge in [-0.1, -0.05) is 12.1 Å². The van der Waals surface area contributed by atoms with Crippen LogP contribution in [-0.2, 0) is 16.0 Å². The van der Waals surface area contributed by atoms with Gasteiger partial charge >= 0.3 is 0 Å². The maximum absolute atomic E-state index is 12.2.